The number of carboxylic acids is 1. The van der Waals surface area contributed by atoms with E-state index in [1.165, 1.54) is 18.2 Å². The Hall–Kier alpha value is -2.75. The standard InChI is InChI=1S/C17H8ClFN2O2S/c18-12-3-1-2-9(7-12)14-15(24-16(21-14)17(22)23)10-4-5-13(19)11(6-10)8-20/h1-7H,(H,22,23). The predicted molar refractivity (Wildman–Crippen MR) is 89.6 cm³/mol. The highest BCUT2D eigenvalue weighted by atomic mass is 35.5. The molecule has 118 valence electrons. The van der Waals surface area contributed by atoms with Crippen LogP contribution in [0, 0.1) is 17.1 Å². The smallest absolute Gasteiger partial charge is 0.365 e. The van der Waals surface area contributed by atoms with E-state index >= 15 is 0 Å². The van der Waals surface area contributed by atoms with Crippen LogP contribution in [0.1, 0.15) is 15.4 Å². The molecule has 1 N–H and O–H groups in total. The first-order valence-electron chi connectivity index (χ1n) is 6.69. The van der Waals surface area contributed by atoms with Crippen LogP contribution >= 0.6 is 22.9 Å². The van der Waals surface area contributed by atoms with Crippen molar-refractivity contribution < 1.29 is 14.3 Å². The summed E-state index contributed by atoms with van der Waals surface area (Å²) in [5.41, 5.74) is 1.47. The van der Waals surface area contributed by atoms with Crippen molar-refractivity contribution in [1.29, 1.82) is 5.26 Å². The third-order valence-electron chi connectivity index (χ3n) is 3.26. The number of hydrogen-bond donors (Lipinski definition) is 1. The van der Waals surface area contributed by atoms with Crippen LogP contribution in [-0.2, 0) is 0 Å². The molecular weight excluding hydrogens is 351 g/mol. The van der Waals surface area contributed by atoms with Crippen molar-refractivity contribution >= 4 is 28.9 Å². The van der Waals surface area contributed by atoms with Crippen LogP contribution in [0.5, 0.6) is 0 Å². The molecule has 1 aromatic heterocycles. The maximum Gasteiger partial charge on any atom is 0.365 e. The number of rotatable bonds is 3. The SMILES string of the molecule is N#Cc1cc(-c2sc(C(=O)O)nc2-c2cccc(Cl)c2)ccc1F. The highest BCUT2D eigenvalue weighted by Crippen LogP contribution is 2.38. The molecule has 3 aromatic rings. The predicted octanol–water partition coefficient (Wildman–Crippen LogP) is 4.84. The van der Waals surface area contributed by atoms with Gasteiger partial charge in [0.05, 0.1) is 16.1 Å². The summed E-state index contributed by atoms with van der Waals surface area (Å²) in [6, 6.07) is 12.7. The summed E-state index contributed by atoms with van der Waals surface area (Å²) in [6.45, 7) is 0. The summed E-state index contributed by atoms with van der Waals surface area (Å²) in [5, 5.41) is 18.6. The number of aromatic carboxylic acids is 1. The Morgan fingerprint density at radius 3 is 2.71 bits per heavy atom. The maximum absolute atomic E-state index is 13.5. The third kappa shape index (κ3) is 3.00. The molecule has 0 aliphatic rings. The minimum atomic E-state index is -1.16. The number of halogens is 2. The molecule has 0 aliphatic carbocycles. The minimum Gasteiger partial charge on any atom is -0.476 e. The van der Waals surface area contributed by atoms with E-state index in [4.69, 9.17) is 16.9 Å². The molecule has 0 amide bonds. The highest BCUT2D eigenvalue weighted by molar-refractivity contribution is 7.17. The number of nitrogens with zero attached hydrogens (tertiary/aromatic N) is 2. The fourth-order valence-electron chi connectivity index (χ4n) is 2.19. The van der Waals surface area contributed by atoms with Gasteiger partial charge in [0.1, 0.15) is 11.9 Å². The Labute approximate surface area is 145 Å². The third-order valence-corrected chi connectivity index (χ3v) is 4.58. The molecule has 0 unspecified atom stereocenters. The molecule has 0 fully saturated rings. The number of aromatic nitrogens is 1. The molecular formula is C17H8ClFN2O2S. The van der Waals surface area contributed by atoms with Gasteiger partial charge in [-0.15, -0.1) is 11.3 Å². The lowest BCUT2D eigenvalue weighted by Crippen LogP contribution is -1.94. The normalized spacial score (nSPS) is 10.4. The van der Waals surface area contributed by atoms with Gasteiger partial charge in [0, 0.05) is 10.6 Å². The topological polar surface area (TPSA) is 74.0 Å². The van der Waals surface area contributed by atoms with Crippen molar-refractivity contribution in [3.63, 3.8) is 0 Å². The first-order valence-corrected chi connectivity index (χ1v) is 7.89. The van der Waals surface area contributed by atoms with Gasteiger partial charge in [-0.3, -0.25) is 0 Å². The number of carbonyl (C=O) groups is 1. The molecule has 4 nitrogen and oxygen atoms in total. The van der Waals surface area contributed by atoms with Gasteiger partial charge < -0.3 is 5.11 Å². The summed E-state index contributed by atoms with van der Waals surface area (Å²) in [5.74, 6) is -1.79. The number of benzene rings is 2. The van der Waals surface area contributed by atoms with Crippen molar-refractivity contribution in [2.24, 2.45) is 0 Å². The lowest BCUT2D eigenvalue weighted by Gasteiger charge is -2.04. The van der Waals surface area contributed by atoms with Gasteiger partial charge in [-0.2, -0.15) is 5.26 Å². The van der Waals surface area contributed by atoms with Crippen LogP contribution in [0.2, 0.25) is 5.02 Å². The first kappa shape index (κ1) is 16.1. The zero-order valence-corrected chi connectivity index (χ0v) is 13.5. The van der Waals surface area contributed by atoms with E-state index in [2.05, 4.69) is 4.98 Å². The highest BCUT2D eigenvalue weighted by Gasteiger charge is 2.19. The zero-order chi connectivity index (χ0) is 17.3. The zero-order valence-electron chi connectivity index (χ0n) is 12.0. The molecule has 0 spiro atoms. The molecule has 1 heterocycles. The molecule has 0 saturated heterocycles. The van der Waals surface area contributed by atoms with Gasteiger partial charge >= 0.3 is 5.97 Å². The fourth-order valence-corrected chi connectivity index (χ4v) is 3.30. The second-order valence-corrected chi connectivity index (χ2v) is 6.25. The largest absolute Gasteiger partial charge is 0.476 e. The summed E-state index contributed by atoms with van der Waals surface area (Å²) >= 11 is 6.96. The van der Waals surface area contributed by atoms with E-state index in [0.717, 1.165) is 11.3 Å². The molecule has 7 heteroatoms. The van der Waals surface area contributed by atoms with Gasteiger partial charge in [0.15, 0.2) is 0 Å². The molecule has 0 atom stereocenters. The average Bonchev–Trinajstić information content (AvgIpc) is 3.01. The fraction of sp³-hybridized carbons (Fsp3) is 0. The first-order chi connectivity index (χ1) is 11.5. The Morgan fingerprint density at radius 2 is 2.04 bits per heavy atom. The van der Waals surface area contributed by atoms with Gasteiger partial charge in [0.2, 0.25) is 5.01 Å². The minimum absolute atomic E-state index is 0.0946. The van der Waals surface area contributed by atoms with Gasteiger partial charge in [-0.05, 0) is 29.8 Å². The van der Waals surface area contributed by atoms with Crippen LogP contribution in [0.15, 0.2) is 42.5 Å². The lowest BCUT2D eigenvalue weighted by molar-refractivity contribution is 0.0696. The molecule has 0 aliphatic heterocycles. The van der Waals surface area contributed by atoms with Crippen LogP contribution in [0.3, 0.4) is 0 Å². The van der Waals surface area contributed by atoms with E-state index in [0.29, 0.717) is 26.7 Å². The Bertz CT molecular complexity index is 994. The van der Waals surface area contributed by atoms with E-state index in [1.54, 1.807) is 30.3 Å². The Kier molecular flexibility index (Phi) is 4.30. The molecule has 3 rings (SSSR count). The number of carboxylic acid groups (broad SMARTS) is 1. The number of hydrogen-bond acceptors (Lipinski definition) is 4. The Balaban J connectivity index is 2.24. The van der Waals surface area contributed by atoms with Crippen molar-refractivity contribution in [2.45, 2.75) is 0 Å². The molecule has 24 heavy (non-hydrogen) atoms. The molecule has 0 radical (unpaired) electrons. The summed E-state index contributed by atoms with van der Waals surface area (Å²) in [7, 11) is 0. The number of thiazole rings is 1. The molecule has 0 bridgehead atoms. The van der Waals surface area contributed by atoms with E-state index in [-0.39, 0.29) is 10.6 Å². The summed E-state index contributed by atoms with van der Waals surface area (Å²) < 4.78 is 13.5. The second-order valence-electron chi connectivity index (χ2n) is 4.82. The van der Waals surface area contributed by atoms with Crippen molar-refractivity contribution in [2.75, 3.05) is 0 Å². The number of nitriles is 1. The Morgan fingerprint density at radius 1 is 1.25 bits per heavy atom. The molecule has 0 saturated carbocycles. The van der Waals surface area contributed by atoms with Crippen molar-refractivity contribution in [3.05, 3.63) is 63.9 Å². The maximum atomic E-state index is 13.5. The average molecular weight is 359 g/mol. The van der Waals surface area contributed by atoms with Crippen LogP contribution in [0.4, 0.5) is 4.39 Å². The monoisotopic (exact) mass is 358 g/mol. The van der Waals surface area contributed by atoms with Gasteiger partial charge in [-0.25, -0.2) is 14.2 Å². The van der Waals surface area contributed by atoms with Gasteiger partial charge in [0.25, 0.3) is 0 Å². The van der Waals surface area contributed by atoms with Crippen LogP contribution in [0.25, 0.3) is 21.7 Å². The van der Waals surface area contributed by atoms with E-state index in [9.17, 15) is 14.3 Å². The lowest BCUT2D eigenvalue weighted by atomic mass is 10.0. The van der Waals surface area contributed by atoms with Crippen molar-refractivity contribution in [1.82, 2.24) is 4.98 Å². The second kappa shape index (κ2) is 6.40. The van der Waals surface area contributed by atoms with E-state index in [1.807, 2.05) is 0 Å². The van der Waals surface area contributed by atoms with Gasteiger partial charge in [-0.1, -0.05) is 29.8 Å². The van der Waals surface area contributed by atoms with E-state index < -0.39 is 11.8 Å². The van der Waals surface area contributed by atoms with Crippen LogP contribution in [-0.4, -0.2) is 16.1 Å². The summed E-state index contributed by atoms with van der Waals surface area (Å²) in [6.07, 6.45) is 0. The van der Waals surface area contributed by atoms with Crippen molar-refractivity contribution in [3.8, 4) is 27.8 Å². The summed E-state index contributed by atoms with van der Waals surface area (Å²) in [4.78, 5) is 16.0. The molecule has 2 aromatic carbocycles. The quantitative estimate of drug-likeness (QED) is 0.727. The van der Waals surface area contributed by atoms with Crippen LogP contribution < -0.4 is 0 Å².